The zero-order chi connectivity index (χ0) is 14.8. The standard InChI is InChI=1S/C17H20FNO/c1-12-4-7-15(18)10-13(12)11-17(2,19)14-5-8-16(20-3)9-6-14/h4-10H,11,19H2,1-3H3. The largest absolute Gasteiger partial charge is 0.497 e. The summed E-state index contributed by atoms with van der Waals surface area (Å²) in [7, 11) is 1.63. The van der Waals surface area contributed by atoms with Gasteiger partial charge in [-0.2, -0.15) is 0 Å². The summed E-state index contributed by atoms with van der Waals surface area (Å²) in [5.41, 5.74) is 8.86. The molecule has 20 heavy (non-hydrogen) atoms. The average molecular weight is 273 g/mol. The summed E-state index contributed by atoms with van der Waals surface area (Å²) in [6.45, 7) is 3.93. The second-order valence-corrected chi connectivity index (χ2v) is 5.39. The van der Waals surface area contributed by atoms with E-state index in [9.17, 15) is 4.39 Å². The highest BCUT2D eigenvalue weighted by molar-refractivity contribution is 5.35. The van der Waals surface area contributed by atoms with Crippen LogP contribution in [0.5, 0.6) is 5.75 Å². The SMILES string of the molecule is COc1ccc(C(C)(N)Cc2cc(F)ccc2C)cc1. The van der Waals surface area contributed by atoms with Gasteiger partial charge >= 0.3 is 0 Å². The van der Waals surface area contributed by atoms with Crippen molar-refractivity contribution < 1.29 is 9.13 Å². The number of hydrogen-bond donors (Lipinski definition) is 1. The lowest BCUT2D eigenvalue weighted by atomic mass is 9.85. The molecule has 0 aliphatic rings. The minimum Gasteiger partial charge on any atom is -0.497 e. The van der Waals surface area contributed by atoms with Gasteiger partial charge in [-0.3, -0.25) is 0 Å². The molecule has 2 aromatic rings. The van der Waals surface area contributed by atoms with Gasteiger partial charge in [-0.05, 0) is 61.2 Å². The van der Waals surface area contributed by atoms with Gasteiger partial charge in [-0.15, -0.1) is 0 Å². The number of rotatable bonds is 4. The molecule has 0 bridgehead atoms. The Labute approximate surface area is 119 Å². The van der Waals surface area contributed by atoms with Crippen LogP contribution in [-0.2, 0) is 12.0 Å². The van der Waals surface area contributed by atoms with Crippen molar-refractivity contribution in [2.45, 2.75) is 25.8 Å². The molecule has 0 radical (unpaired) electrons. The molecule has 1 unspecified atom stereocenters. The lowest BCUT2D eigenvalue weighted by Gasteiger charge is -2.26. The van der Waals surface area contributed by atoms with E-state index in [-0.39, 0.29) is 5.82 Å². The van der Waals surface area contributed by atoms with Crippen molar-refractivity contribution in [1.82, 2.24) is 0 Å². The van der Waals surface area contributed by atoms with Crippen LogP contribution in [0.15, 0.2) is 42.5 Å². The second kappa shape index (κ2) is 5.63. The zero-order valence-electron chi connectivity index (χ0n) is 12.1. The molecule has 0 heterocycles. The summed E-state index contributed by atoms with van der Waals surface area (Å²) in [6.07, 6.45) is 0.586. The molecule has 106 valence electrons. The van der Waals surface area contributed by atoms with E-state index in [0.29, 0.717) is 6.42 Å². The molecule has 1 atom stereocenters. The number of benzene rings is 2. The summed E-state index contributed by atoms with van der Waals surface area (Å²) >= 11 is 0. The minimum atomic E-state index is -0.551. The van der Waals surface area contributed by atoms with Gasteiger partial charge in [0.2, 0.25) is 0 Å². The summed E-state index contributed by atoms with van der Waals surface area (Å²) in [5, 5.41) is 0. The molecule has 0 aromatic heterocycles. The van der Waals surface area contributed by atoms with E-state index >= 15 is 0 Å². The topological polar surface area (TPSA) is 35.2 Å². The molecule has 2 rings (SSSR count). The smallest absolute Gasteiger partial charge is 0.123 e. The van der Waals surface area contributed by atoms with Crippen LogP contribution in [0.3, 0.4) is 0 Å². The first-order valence-corrected chi connectivity index (χ1v) is 6.61. The molecule has 0 aliphatic carbocycles. The lowest BCUT2D eigenvalue weighted by molar-refractivity contribution is 0.413. The normalized spacial score (nSPS) is 13.8. The van der Waals surface area contributed by atoms with Gasteiger partial charge in [0.25, 0.3) is 0 Å². The van der Waals surface area contributed by atoms with Gasteiger partial charge in [0, 0.05) is 5.54 Å². The summed E-state index contributed by atoms with van der Waals surface area (Å²) in [5.74, 6) is 0.572. The van der Waals surface area contributed by atoms with Crippen molar-refractivity contribution in [1.29, 1.82) is 0 Å². The van der Waals surface area contributed by atoms with Crippen LogP contribution >= 0.6 is 0 Å². The van der Waals surface area contributed by atoms with E-state index in [0.717, 1.165) is 22.4 Å². The Morgan fingerprint density at radius 2 is 1.80 bits per heavy atom. The fraction of sp³-hybridized carbons (Fsp3) is 0.294. The zero-order valence-corrected chi connectivity index (χ0v) is 12.1. The third kappa shape index (κ3) is 3.17. The first kappa shape index (κ1) is 14.5. The Bertz CT molecular complexity index is 590. The maximum Gasteiger partial charge on any atom is 0.123 e. The van der Waals surface area contributed by atoms with Crippen molar-refractivity contribution >= 4 is 0 Å². The van der Waals surface area contributed by atoms with Crippen molar-refractivity contribution in [3.8, 4) is 5.75 Å². The van der Waals surface area contributed by atoms with Gasteiger partial charge in [-0.1, -0.05) is 18.2 Å². The highest BCUT2D eigenvalue weighted by atomic mass is 19.1. The van der Waals surface area contributed by atoms with Gasteiger partial charge in [-0.25, -0.2) is 4.39 Å². The molecular formula is C17H20FNO. The minimum absolute atomic E-state index is 0.226. The number of methoxy groups -OCH3 is 1. The Morgan fingerprint density at radius 1 is 1.15 bits per heavy atom. The van der Waals surface area contributed by atoms with Crippen molar-refractivity contribution in [3.05, 3.63) is 65.0 Å². The van der Waals surface area contributed by atoms with Crippen molar-refractivity contribution in [2.75, 3.05) is 7.11 Å². The molecule has 2 N–H and O–H groups in total. The Morgan fingerprint density at radius 3 is 2.40 bits per heavy atom. The highest BCUT2D eigenvalue weighted by Crippen LogP contribution is 2.26. The Kier molecular flexibility index (Phi) is 4.09. The maximum absolute atomic E-state index is 13.4. The predicted molar refractivity (Wildman–Crippen MR) is 79.4 cm³/mol. The molecule has 0 saturated carbocycles. The van der Waals surface area contributed by atoms with Crippen LogP contribution in [-0.4, -0.2) is 7.11 Å². The molecule has 2 aromatic carbocycles. The molecule has 3 heteroatoms. The quantitative estimate of drug-likeness (QED) is 0.924. The van der Waals surface area contributed by atoms with Crippen LogP contribution in [0.2, 0.25) is 0 Å². The fourth-order valence-corrected chi connectivity index (χ4v) is 2.30. The van der Waals surface area contributed by atoms with Gasteiger partial charge < -0.3 is 10.5 Å². The second-order valence-electron chi connectivity index (χ2n) is 5.39. The molecule has 0 fully saturated rings. The van der Waals surface area contributed by atoms with Gasteiger partial charge in [0.1, 0.15) is 11.6 Å². The van der Waals surface area contributed by atoms with Crippen molar-refractivity contribution in [2.24, 2.45) is 5.73 Å². The number of halogens is 1. The van der Waals surface area contributed by atoms with E-state index in [2.05, 4.69) is 0 Å². The van der Waals surface area contributed by atoms with Gasteiger partial charge in [0.15, 0.2) is 0 Å². The third-order valence-corrected chi connectivity index (χ3v) is 3.62. The van der Waals surface area contributed by atoms with Crippen LogP contribution in [0.4, 0.5) is 4.39 Å². The Balaban J connectivity index is 2.27. The summed E-state index contributed by atoms with van der Waals surface area (Å²) in [6, 6.07) is 12.5. The lowest BCUT2D eigenvalue weighted by Crippen LogP contribution is -2.35. The van der Waals surface area contributed by atoms with Crippen LogP contribution in [0.25, 0.3) is 0 Å². The van der Waals surface area contributed by atoms with Crippen LogP contribution < -0.4 is 10.5 Å². The average Bonchev–Trinajstić information content (AvgIpc) is 2.43. The molecule has 0 saturated heterocycles. The molecular weight excluding hydrogens is 253 g/mol. The fourth-order valence-electron chi connectivity index (χ4n) is 2.30. The molecule has 2 nitrogen and oxygen atoms in total. The van der Waals surface area contributed by atoms with E-state index in [1.54, 1.807) is 19.2 Å². The molecule has 0 aliphatic heterocycles. The summed E-state index contributed by atoms with van der Waals surface area (Å²) < 4.78 is 18.5. The monoisotopic (exact) mass is 273 g/mol. The van der Waals surface area contributed by atoms with Gasteiger partial charge in [0.05, 0.1) is 7.11 Å². The number of hydrogen-bond acceptors (Lipinski definition) is 2. The molecule has 0 amide bonds. The van der Waals surface area contributed by atoms with Crippen molar-refractivity contribution in [3.63, 3.8) is 0 Å². The Hall–Kier alpha value is -1.87. The van der Waals surface area contributed by atoms with Crippen LogP contribution in [0, 0.1) is 12.7 Å². The predicted octanol–water partition coefficient (Wildman–Crippen LogP) is 3.56. The molecule has 0 spiro atoms. The van der Waals surface area contributed by atoms with E-state index < -0.39 is 5.54 Å². The maximum atomic E-state index is 13.4. The number of nitrogens with two attached hydrogens (primary N) is 1. The first-order chi connectivity index (χ1) is 9.42. The highest BCUT2D eigenvalue weighted by Gasteiger charge is 2.22. The number of ether oxygens (including phenoxy) is 1. The van der Waals surface area contributed by atoms with E-state index in [4.69, 9.17) is 10.5 Å². The first-order valence-electron chi connectivity index (χ1n) is 6.61. The van der Waals surface area contributed by atoms with Crippen LogP contribution in [0.1, 0.15) is 23.6 Å². The summed E-state index contributed by atoms with van der Waals surface area (Å²) in [4.78, 5) is 0. The third-order valence-electron chi connectivity index (χ3n) is 3.62. The van der Waals surface area contributed by atoms with E-state index in [1.807, 2.05) is 38.1 Å². The number of aryl methyl sites for hydroxylation is 1. The van der Waals surface area contributed by atoms with E-state index in [1.165, 1.54) is 6.07 Å².